The van der Waals surface area contributed by atoms with E-state index in [1.54, 1.807) is 11.3 Å². The molecule has 0 spiro atoms. The third kappa shape index (κ3) is 4.24. The number of hydrogen-bond acceptors (Lipinski definition) is 5. The van der Waals surface area contributed by atoms with E-state index in [2.05, 4.69) is 15.3 Å². The molecule has 3 rings (SSSR count). The number of piperidine rings is 1. The van der Waals surface area contributed by atoms with Gasteiger partial charge in [0.05, 0.1) is 5.56 Å². The van der Waals surface area contributed by atoms with Crippen LogP contribution >= 0.6 is 11.3 Å². The number of hydrogen-bond donors (Lipinski definition) is 1. The van der Waals surface area contributed by atoms with Crippen LogP contribution in [0.15, 0.2) is 23.7 Å². The average Bonchev–Trinajstić information content (AvgIpc) is 2.98. The molecule has 1 aliphatic rings. The summed E-state index contributed by atoms with van der Waals surface area (Å²) < 4.78 is 37.7. The summed E-state index contributed by atoms with van der Waals surface area (Å²) in [6.07, 6.45) is -1.55. The third-order valence-electron chi connectivity index (χ3n) is 4.10. The SMILES string of the molecule is Cc1csc(CNC2CCN(c3ccc(C(F)(F)F)cn3)CC2)n1. The van der Waals surface area contributed by atoms with Crippen molar-refractivity contribution in [3.05, 3.63) is 40.0 Å². The first kappa shape index (κ1) is 17.2. The molecule has 1 fully saturated rings. The molecule has 0 atom stereocenters. The van der Waals surface area contributed by atoms with Crippen LogP contribution in [0.1, 0.15) is 29.1 Å². The molecule has 0 aromatic carbocycles. The highest BCUT2D eigenvalue weighted by molar-refractivity contribution is 7.09. The summed E-state index contributed by atoms with van der Waals surface area (Å²) in [5, 5.41) is 6.62. The van der Waals surface area contributed by atoms with Crippen molar-refractivity contribution in [1.82, 2.24) is 15.3 Å². The number of nitrogens with zero attached hydrogens (tertiary/aromatic N) is 3. The molecule has 1 saturated heterocycles. The molecule has 0 aliphatic carbocycles. The summed E-state index contributed by atoms with van der Waals surface area (Å²) >= 11 is 1.65. The van der Waals surface area contributed by atoms with Gasteiger partial charge in [0.2, 0.25) is 0 Å². The van der Waals surface area contributed by atoms with Crippen LogP contribution in [-0.4, -0.2) is 29.1 Å². The second kappa shape index (κ2) is 7.06. The fourth-order valence-corrected chi connectivity index (χ4v) is 3.49. The Morgan fingerprint density at radius 3 is 2.58 bits per heavy atom. The summed E-state index contributed by atoms with van der Waals surface area (Å²) in [4.78, 5) is 10.4. The highest BCUT2D eigenvalue weighted by atomic mass is 32.1. The first-order valence-corrected chi connectivity index (χ1v) is 8.72. The molecule has 130 valence electrons. The Morgan fingerprint density at radius 2 is 2.04 bits per heavy atom. The minimum atomic E-state index is -4.34. The van der Waals surface area contributed by atoms with Crippen molar-refractivity contribution < 1.29 is 13.2 Å². The summed E-state index contributed by atoms with van der Waals surface area (Å²) in [6, 6.07) is 2.95. The van der Waals surface area contributed by atoms with Crippen molar-refractivity contribution in [2.45, 2.75) is 38.5 Å². The fraction of sp³-hybridized carbons (Fsp3) is 0.500. The van der Waals surface area contributed by atoms with Gasteiger partial charge in [0.15, 0.2) is 0 Å². The zero-order valence-electron chi connectivity index (χ0n) is 13.3. The quantitative estimate of drug-likeness (QED) is 0.908. The first-order valence-electron chi connectivity index (χ1n) is 7.84. The number of alkyl halides is 3. The number of pyridine rings is 1. The number of halogens is 3. The maximum atomic E-state index is 12.6. The number of anilines is 1. The molecule has 8 heteroatoms. The van der Waals surface area contributed by atoms with Gasteiger partial charge in [-0.15, -0.1) is 11.3 Å². The van der Waals surface area contributed by atoms with Crippen molar-refractivity contribution in [2.75, 3.05) is 18.0 Å². The largest absolute Gasteiger partial charge is 0.417 e. The minimum Gasteiger partial charge on any atom is -0.357 e. The summed E-state index contributed by atoms with van der Waals surface area (Å²) in [7, 11) is 0. The molecule has 4 nitrogen and oxygen atoms in total. The number of rotatable bonds is 4. The van der Waals surface area contributed by atoms with Crippen LogP contribution in [0.4, 0.5) is 19.0 Å². The number of nitrogens with one attached hydrogen (secondary N) is 1. The van der Waals surface area contributed by atoms with Gasteiger partial charge in [0, 0.05) is 42.9 Å². The van der Waals surface area contributed by atoms with E-state index in [1.807, 2.05) is 17.2 Å². The van der Waals surface area contributed by atoms with Crippen LogP contribution in [0.2, 0.25) is 0 Å². The molecule has 2 aromatic rings. The number of thiazole rings is 1. The second-order valence-electron chi connectivity index (χ2n) is 5.93. The van der Waals surface area contributed by atoms with E-state index < -0.39 is 11.7 Å². The van der Waals surface area contributed by atoms with Crippen molar-refractivity contribution >= 4 is 17.2 Å². The standard InChI is InChI=1S/C16H19F3N4S/c1-11-10-24-15(22-11)9-20-13-4-6-23(7-5-13)14-3-2-12(8-21-14)16(17,18)19/h2-3,8,10,13,20H,4-7,9H2,1H3. The molecule has 3 heterocycles. The molecule has 0 saturated carbocycles. The first-order chi connectivity index (χ1) is 11.4. The Bertz CT molecular complexity index is 661. The van der Waals surface area contributed by atoms with Crippen LogP contribution in [-0.2, 0) is 12.7 Å². The Kier molecular flexibility index (Phi) is 5.05. The van der Waals surface area contributed by atoms with Gasteiger partial charge in [-0.05, 0) is 31.9 Å². The van der Waals surface area contributed by atoms with Crippen molar-refractivity contribution in [1.29, 1.82) is 0 Å². The lowest BCUT2D eigenvalue weighted by atomic mass is 10.1. The fourth-order valence-electron chi connectivity index (χ4n) is 2.77. The molecule has 1 N–H and O–H groups in total. The third-order valence-corrected chi connectivity index (χ3v) is 5.07. The van der Waals surface area contributed by atoms with Crippen molar-refractivity contribution in [3.63, 3.8) is 0 Å². The smallest absolute Gasteiger partial charge is 0.357 e. The molecule has 0 amide bonds. The van der Waals surface area contributed by atoms with Crippen LogP contribution in [0.3, 0.4) is 0 Å². The van der Waals surface area contributed by atoms with Crippen LogP contribution in [0.5, 0.6) is 0 Å². The summed E-state index contributed by atoms with van der Waals surface area (Å²) in [5.41, 5.74) is 0.335. The zero-order chi connectivity index (χ0) is 17.2. The van der Waals surface area contributed by atoms with Crippen molar-refractivity contribution in [3.8, 4) is 0 Å². The normalized spacial score (nSPS) is 16.6. The van der Waals surface area contributed by atoms with Gasteiger partial charge in [0.1, 0.15) is 10.8 Å². The maximum Gasteiger partial charge on any atom is 0.417 e. The Labute approximate surface area is 142 Å². The minimum absolute atomic E-state index is 0.403. The summed E-state index contributed by atoms with van der Waals surface area (Å²) in [5.74, 6) is 0.608. The van der Waals surface area contributed by atoms with E-state index >= 15 is 0 Å². The molecular formula is C16H19F3N4S. The molecule has 0 unspecified atom stereocenters. The average molecular weight is 356 g/mol. The Morgan fingerprint density at radius 1 is 1.29 bits per heavy atom. The lowest BCUT2D eigenvalue weighted by Gasteiger charge is -2.33. The molecule has 1 aliphatic heterocycles. The van der Waals surface area contributed by atoms with Gasteiger partial charge >= 0.3 is 6.18 Å². The Hall–Kier alpha value is -1.67. The predicted molar refractivity (Wildman–Crippen MR) is 88.2 cm³/mol. The highest BCUT2D eigenvalue weighted by Gasteiger charge is 2.31. The van der Waals surface area contributed by atoms with Gasteiger partial charge in [-0.3, -0.25) is 0 Å². The van der Waals surface area contributed by atoms with Crippen LogP contribution < -0.4 is 10.2 Å². The molecule has 0 bridgehead atoms. The van der Waals surface area contributed by atoms with Crippen molar-refractivity contribution in [2.24, 2.45) is 0 Å². The molecule has 0 radical (unpaired) electrons. The second-order valence-corrected chi connectivity index (χ2v) is 6.87. The van der Waals surface area contributed by atoms with Gasteiger partial charge < -0.3 is 10.2 Å². The molecule has 24 heavy (non-hydrogen) atoms. The molecular weight excluding hydrogens is 337 g/mol. The predicted octanol–water partition coefficient (Wildman–Crippen LogP) is 3.62. The van der Waals surface area contributed by atoms with Crippen LogP contribution in [0, 0.1) is 6.92 Å². The highest BCUT2D eigenvalue weighted by Crippen LogP contribution is 2.29. The number of aryl methyl sites for hydroxylation is 1. The zero-order valence-corrected chi connectivity index (χ0v) is 14.1. The van der Waals surface area contributed by atoms with E-state index in [9.17, 15) is 13.2 Å². The van der Waals surface area contributed by atoms with Gasteiger partial charge in [0.25, 0.3) is 0 Å². The monoisotopic (exact) mass is 356 g/mol. The number of aromatic nitrogens is 2. The van der Waals surface area contributed by atoms with Crippen LogP contribution in [0.25, 0.3) is 0 Å². The van der Waals surface area contributed by atoms with Gasteiger partial charge in [-0.1, -0.05) is 0 Å². The van der Waals surface area contributed by atoms with E-state index in [4.69, 9.17) is 0 Å². The lowest BCUT2D eigenvalue weighted by Crippen LogP contribution is -2.42. The van der Waals surface area contributed by atoms with E-state index in [0.29, 0.717) is 11.9 Å². The van der Waals surface area contributed by atoms with Gasteiger partial charge in [-0.25, -0.2) is 9.97 Å². The lowest BCUT2D eigenvalue weighted by molar-refractivity contribution is -0.137. The van der Waals surface area contributed by atoms with E-state index in [1.165, 1.54) is 6.07 Å². The van der Waals surface area contributed by atoms with E-state index in [0.717, 1.165) is 55.4 Å². The van der Waals surface area contributed by atoms with Gasteiger partial charge in [-0.2, -0.15) is 13.2 Å². The summed E-state index contributed by atoms with van der Waals surface area (Å²) in [6.45, 7) is 4.32. The maximum absolute atomic E-state index is 12.6. The topological polar surface area (TPSA) is 41.0 Å². The Balaban J connectivity index is 1.49. The molecule has 2 aromatic heterocycles. The van der Waals surface area contributed by atoms with E-state index in [-0.39, 0.29) is 0 Å².